The molecule has 2 rings (SSSR count). The lowest BCUT2D eigenvalue weighted by Crippen LogP contribution is -2.28. The van der Waals surface area contributed by atoms with E-state index in [0.29, 0.717) is 10.7 Å². The fraction of sp³-hybridized carbons (Fsp3) is 0.167. The molecule has 1 N–H and O–H groups in total. The van der Waals surface area contributed by atoms with Crippen molar-refractivity contribution in [2.75, 3.05) is 17.3 Å². The van der Waals surface area contributed by atoms with E-state index in [9.17, 15) is 18.0 Å². The molecule has 132 valence electrons. The summed E-state index contributed by atoms with van der Waals surface area (Å²) in [6.45, 7) is 3.49. The van der Waals surface area contributed by atoms with E-state index in [4.69, 9.17) is 11.6 Å². The van der Waals surface area contributed by atoms with E-state index in [2.05, 4.69) is 11.9 Å². The summed E-state index contributed by atoms with van der Waals surface area (Å²) in [6, 6.07) is 7.34. The highest BCUT2D eigenvalue weighted by Gasteiger charge is 2.18. The topological polar surface area (TPSA) is 32.3 Å². The summed E-state index contributed by atoms with van der Waals surface area (Å²) < 4.78 is 40.4. The first-order chi connectivity index (χ1) is 11.8. The largest absolute Gasteiger partial charge is 0.343 e. The third-order valence-electron chi connectivity index (χ3n) is 3.55. The van der Waals surface area contributed by atoms with E-state index in [1.54, 1.807) is 0 Å². The fourth-order valence-electron chi connectivity index (χ4n) is 2.18. The van der Waals surface area contributed by atoms with Gasteiger partial charge in [-0.1, -0.05) is 17.7 Å². The molecule has 0 aromatic heterocycles. The molecule has 0 fully saturated rings. The van der Waals surface area contributed by atoms with Gasteiger partial charge in [-0.3, -0.25) is 4.79 Å². The number of carbonyl (C=O) groups excluding carboxylic acids is 1. The number of hydrogen-bond acceptors (Lipinski definition) is 2. The van der Waals surface area contributed by atoms with Crippen molar-refractivity contribution >= 4 is 28.9 Å². The van der Waals surface area contributed by atoms with Gasteiger partial charge in [0, 0.05) is 24.1 Å². The minimum absolute atomic E-state index is 0.0645. The number of anilines is 2. The summed E-state index contributed by atoms with van der Waals surface area (Å²) in [5.74, 6) is -2.83. The first-order valence-electron chi connectivity index (χ1n) is 7.37. The molecule has 0 aliphatic carbocycles. The summed E-state index contributed by atoms with van der Waals surface area (Å²) in [5, 5.41) is 2.92. The van der Waals surface area contributed by atoms with Crippen LogP contribution in [-0.4, -0.2) is 19.3 Å². The molecule has 2 aromatic carbocycles. The molecular weight excluding hydrogens is 353 g/mol. The molecule has 3 nitrogen and oxygen atoms in total. The molecule has 1 amide bonds. The van der Waals surface area contributed by atoms with Crippen molar-refractivity contribution in [3.63, 3.8) is 0 Å². The SMILES string of the molecule is C=CCC(F)N(C)c1cc(Cl)ccc1NC(=O)c1ccc(F)c(F)c1. The highest BCUT2D eigenvalue weighted by molar-refractivity contribution is 6.31. The summed E-state index contributed by atoms with van der Waals surface area (Å²) in [6.07, 6.45) is 0.153. The van der Waals surface area contributed by atoms with E-state index in [1.165, 1.54) is 36.2 Å². The molecule has 1 unspecified atom stereocenters. The number of halogens is 4. The van der Waals surface area contributed by atoms with Gasteiger partial charge in [0.05, 0.1) is 11.4 Å². The van der Waals surface area contributed by atoms with Crippen molar-refractivity contribution in [2.45, 2.75) is 12.7 Å². The molecule has 0 saturated carbocycles. The molecular formula is C18H16ClF3N2O. The molecule has 0 saturated heterocycles. The summed E-state index contributed by atoms with van der Waals surface area (Å²) in [5.41, 5.74) is 0.566. The number of carbonyl (C=O) groups is 1. The van der Waals surface area contributed by atoms with Crippen LogP contribution in [0.3, 0.4) is 0 Å². The molecule has 0 aliphatic heterocycles. The first kappa shape index (κ1) is 18.9. The molecule has 1 atom stereocenters. The van der Waals surface area contributed by atoms with Crippen molar-refractivity contribution in [3.05, 3.63) is 71.3 Å². The lowest BCUT2D eigenvalue weighted by Gasteiger charge is -2.25. The number of nitrogens with zero attached hydrogens (tertiary/aromatic N) is 1. The predicted octanol–water partition coefficient (Wildman–Crippen LogP) is 5.18. The Labute approximate surface area is 148 Å². The van der Waals surface area contributed by atoms with E-state index < -0.39 is 23.8 Å². The number of amides is 1. The van der Waals surface area contributed by atoms with Crippen molar-refractivity contribution in [1.82, 2.24) is 0 Å². The van der Waals surface area contributed by atoms with Gasteiger partial charge in [-0.2, -0.15) is 0 Å². The zero-order chi connectivity index (χ0) is 18.6. The predicted molar refractivity (Wildman–Crippen MR) is 93.9 cm³/mol. The Balaban J connectivity index is 2.30. The quantitative estimate of drug-likeness (QED) is 0.563. The van der Waals surface area contributed by atoms with Crippen LogP contribution < -0.4 is 10.2 Å². The van der Waals surface area contributed by atoms with Crippen LogP contribution in [0.15, 0.2) is 49.1 Å². The molecule has 25 heavy (non-hydrogen) atoms. The Morgan fingerprint density at radius 1 is 1.28 bits per heavy atom. The lowest BCUT2D eigenvalue weighted by atomic mass is 10.1. The van der Waals surface area contributed by atoms with E-state index in [0.717, 1.165) is 18.2 Å². The Kier molecular flexibility index (Phi) is 6.09. The van der Waals surface area contributed by atoms with Gasteiger partial charge in [0.1, 0.15) is 0 Å². The maximum absolute atomic E-state index is 14.2. The van der Waals surface area contributed by atoms with Crippen molar-refractivity contribution in [1.29, 1.82) is 0 Å². The Bertz CT molecular complexity index is 798. The number of rotatable bonds is 6. The molecule has 2 aromatic rings. The van der Waals surface area contributed by atoms with Gasteiger partial charge in [-0.25, -0.2) is 13.2 Å². The highest BCUT2D eigenvalue weighted by Crippen LogP contribution is 2.31. The Morgan fingerprint density at radius 2 is 2.00 bits per heavy atom. The second-order valence-electron chi connectivity index (χ2n) is 5.31. The van der Waals surface area contributed by atoms with E-state index >= 15 is 0 Å². The smallest absolute Gasteiger partial charge is 0.255 e. The van der Waals surface area contributed by atoms with E-state index in [-0.39, 0.29) is 17.7 Å². The minimum Gasteiger partial charge on any atom is -0.343 e. The van der Waals surface area contributed by atoms with Gasteiger partial charge in [0.25, 0.3) is 5.91 Å². The number of nitrogens with one attached hydrogen (secondary N) is 1. The molecule has 0 radical (unpaired) electrons. The molecule has 0 bridgehead atoms. The van der Waals surface area contributed by atoms with Crippen LogP contribution in [0.4, 0.5) is 24.5 Å². The monoisotopic (exact) mass is 368 g/mol. The van der Waals surface area contributed by atoms with Crippen LogP contribution in [-0.2, 0) is 0 Å². The van der Waals surface area contributed by atoms with Gasteiger partial charge in [-0.15, -0.1) is 6.58 Å². The average Bonchev–Trinajstić information content (AvgIpc) is 2.58. The molecule has 0 heterocycles. The van der Waals surface area contributed by atoms with Crippen LogP contribution in [0, 0.1) is 11.6 Å². The standard InChI is InChI=1S/C18H16ClF3N2O/c1-3-4-17(22)24(2)16-10-12(19)6-8-15(16)23-18(25)11-5-7-13(20)14(21)9-11/h3,5-10,17H,1,4H2,2H3,(H,23,25). The summed E-state index contributed by atoms with van der Waals surface area (Å²) >= 11 is 5.96. The highest BCUT2D eigenvalue weighted by atomic mass is 35.5. The number of hydrogen-bond donors (Lipinski definition) is 1. The lowest BCUT2D eigenvalue weighted by molar-refractivity contribution is 0.102. The van der Waals surface area contributed by atoms with Gasteiger partial charge in [0.2, 0.25) is 0 Å². The summed E-state index contributed by atoms with van der Waals surface area (Å²) in [7, 11) is 1.51. The maximum Gasteiger partial charge on any atom is 0.255 e. The third kappa shape index (κ3) is 4.54. The second kappa shape index (κ2) is 8.07. The number of alkyl halides is 1. The van der Waals surface area contributed by atoms with Gasteiger partial charge < -0.3 is 10.2 Å². The van der Waals surface area contributed by atoms with Crippen LogP contribution in [0.1, 0.15) is 16.8 Å². The summed E-state index contributed by atoms with van der Waals surface area (Å²) in [4.78, 5) is 13.6. The first-order valence-corrected chi connectivity index (χ1v) is 7.75. The average molecular weight is 369 g/mol. The zero-order valence-electron chi connectivity index (χ0n) is 13.4. The third-order valence-corrected chi connectivity index (χ3v) is 3.79. The normalized spacial score (nSPS) is 11.7. The Hall–Kier alpha value is -2.47. The van der Waals surface area contributed by atoms with Crippen LogP contribution in [0.2, 0.25) is 5.02 Å². The van der Waals surface area contributed by atoms with Crippen molar-refractivity contribution < 1.29 is 18.0 Å². The van der Waals surface area contributed by atoms with Gasteiger partial charge in [0.15, 0.2) is 17.9 Å². The van der Waals surface area contributed by atoms with Gasteiger partial charge >= 0.3 is 0 Å². The van der Waals surface area contributed by atoms with Crippen LogP contribution in [0.5, 0.6) is 0 Å². The zero-order valence-corrected chi connectivity index (χ0v) is 14.2. The van der Waals surface area contributed by atoms with Crippen molar-refractivity contribution in [2.24, 2.45) is 0 Å². The molecule has 0 spiro atoms. The van der Waals surface area contributed by atoms with E-state index in [1.807, 2.05) is 0 Å². The second-order valence-corrected chi connectivity index (χ2v) is 5.75. The molecule has 0 aliphatic rings. The fourth-order valence-corrected chi connectivity index (χ4v) is 2.35. The van der Waals surface area contributed by atoms with Gasteiger partial charge in [-0.05, 0) is 36.4 Å². The van der Waals surface area contributed by atoms with Crippen LogP contribution >= 0.6 is 11.6 Å². The maximum atomic E-state index is 14.2. The minimum atomic E-state index is -1.37. The van der Waals surface area contributed by atoms with Crippen molar-refractivity contribution in [3.8, 4) is 0 Å². The van der Waals surface area contributed by atoms with Crippen LogP contribution in [0.25, 0.3) is 0 Å². The number of benzene rings is 2. The molecule has 7 heteroatoms. The Morgan fingerprint density at radius 3 is 2.64 bits per heavy atom.